The molecular formula is C17H26F2N4. The fourth-order valence-electron chi connectivity index (χ4n) is 2.80. The highest BCUT2D eigenvalue weighted by Crippen LogP contribution is 2.24. The van der Waals surface area contributed by atoms with E-state index in [-0.39, 0.29) is 6.04 Å². The first-order valence-corrected chi connectivity index (χ1v) is 8.31. The van der Waals surface area contributed by atoms with Gasteiger partial charge < -0.3 is 15.5 Å². The van der Waals surface area contributed by atoms with Crippen LogP contribution in [0.3, 0.4) is 0 Å². The van der Waals surface area contributed by atoms with Gasteiger partial charge in [-0.1, -0.05) is 19.8 Å². The van der Waals surface area contributed by atoms with Crippen LogP contribution < -0.4 is 15.5 Å². The molecule has 2 N–H and O–H groups in total. The summed E-state index contributed by atoms with van der Waals surface area (Å²) in [6, 6.07) is 3.94. The number of anilines is 1. The van der Waals surface area contributed by atoms with Gasteiger partial charge in [0.25, 0.3) is 0 Å². The lowest BCUT2D eigenvalue weighted by Crippen LogP contribution is -2.44. The van der Waals surface area contributed by atoms with Crippen LogP contribution in [0.25, 0.3) is 0 Å². The number of nitrogens with one attached hydrogen (secondary N) is 2. The van der Waals surface area contributed by atoms with Gasteiger partial charge in [-0.15, -0.1) is 0 Å². The third-order valence-corrected chi connectivity index (χ3v) is 4.08. The van der Waals surface area contributed by atoms with E-state index < -0.39 is 11.6 Å². The molecule has 1 atom stereocenters. The van der Waals surface area contributed by atoms with E-state index in [9.17, 15) is 8.78 Å². The Morgan fingerprint density at radius 3 is 2.87 bits per heavy atom. The highest BCUT2D eigenvalue weighted by Gasteiger charge is 2.25. The third-order valence-electron chi connectivity index (χ3n) is 4.08. The molecule has 2 rings (SSSR count). The lowest BCUT2D eigenvalue weighted by atomic mass is 10.2. The van der Waals surface area contributed by atoms with Crippen LogP contribution in [0.15, 0.2) is 23.2 Å². The van der Waals surface area contributed by atoms with Gasteiger partial charge in [-0.05, 0) is 25.0 Å². The topological polar surface area (TPSA) is 39.7 Å². The van der Waals surface area contributed by atoms with Crippen molar-refractivity contribution in [2.45, 2.75) is 38.6 Å². The van der Waals surface area contributed by atoms with Crippen molar-refractivity contribution in [1.82, 2.24) is 10.6 Å². The second-order valence-electron chi connectivity index (χ2n) is 5.88. The van der Waals surface area contributed by atoms with Crippen LogP contribution >= 0.6 is 0 Å². The molecular weight excluding hydrogens is 298 g/mol. The van der Waals surface area contributed by atoms with Gasteiger partial charge in [-0.2, -0.15) is 0 Å². The van der Waals surface area contributed by atoms with Gasteiger partial charge in [0.1, 0.15) is 11.6 Å². The van der Waals surface area contributed by atoms with Crippen LogP contribution in [0.5, 0.6) is 0 Å². The fraction of sp³-hybridized carbons (Fsp3) is 0.588. The number of hydrogen-bond donors (Lipinski definition) is 2. The van der Waals surface area contributed by atoms with Gasteiger partial charge in [-0.25, -0.2) is 8.78 Å². The zero-order chi connectivity index (χ0) is 16.7. The van der Waals surface area contributed by atoms with E-state index in [1.54, 1.807) is 7.05 Å². The number of guanidine groups is 1. The van der Waals surface area contributed by atoms with Crippen LogP contribution in [-0.4, -0.2) is 38.7 Å². The molecule has 0 radical (unpaired) electrons. The zero-order valence-corrected chi connectivity index (χ0v) is 13.9. The molecule has 1 unspecified atom stereocenters. The third kappa shape index (κ3) is 5.08. The Hall–Kier alpha value is -1.85. The first kappa shape index (κ1) is 17.5. The Bertz CT molecular complexity index is 533. The average molecular weight is 324 g/mol. The largest absolute Gasteiger partial charge is 0.367 e. The summed E-state index contributed by atoms with van der Waals surface area (Å²) in [4.78, 5) is 6.17. The van der Waals surface area contributed by atoms with E-state index >= 15 is 0 Å². The standard InChI is InChI=1S/C17H26F2N4/c1-3-4-5-9-21-17(20-2)22-14-8-10-23(12-14)16-7-6-13(18)11-15(16)19/h6-7,11,14H,3-5,8-10,12H2,1-2H3,(H2,20,21,22). The number of benzene rings is 1. The minimum Gasteiger partial charge on any atom is -0.367 e. The van der Waals surface area contributed by atoms with Crippen molar-refractivity contribution >= 4 is 11.6 Å². The molecule has 1 aromatic carbocycles. The molecule has 0 bridgehead atoms. The van der Waals surface area contributed by atoms with Gasteiger partial charge in [-0.3, -0.25) is 4.99 Å². The Morgan fingerprint density at radius 2 is 2.17 bits per heavy atom. The van der Waals surface area contributed by atoms with Crippen molar-refractivity contribution in [3.05, 3.63) is 29.8 Å². The summed E-state index contributed by atoms with van der Waals surface area (Å²) in [7, 11) is 1.75. The van der Waals surface area contributed by atoms with Crippen molar-refractivity contribution < 1.29 is 8.78 Å². The zero-order valence-electron chi connectivity index (χ0n) is 13.9. The second kappa shape index (κ2) is 8.70. The SMILES string of the molecule is CCCCCNC(=NC)NC1CCN(c2ccc(F)cc2F)C1. The number of aliphatic imine (C=N–C) groups is 1. The lowest BCUT2D eigenvalue weighted by Gasteiger charge is -2.21. The molecule has 0 spiro atoms. The molecule has 128 valence electrons. The van der Waals surface area contributed by atoms with E-state index in [0.29, 0.717) is 12.2 Å². The van der Waals surface area contributed by atoms with E-state index in [2.05, 4.69) is 22.5 Å². The number of rotatable bonds is 6. The van der Waals surface area contributed by atoms with Gasteiger partial charge in [0.15, 0.2) is 5.96 Å². The summed E-state index contributed by atoms with van der Waals surface area (Å²) >= 11 is 0. The molecule has 1 aromatic rings. The molecule has 1 aliphatic heterocycles. The molecule has 23 heavy (non-hydrogen) atoms. The molecule has 0 saturated carbocycles. The summed E-state index contributed by atoms with van der Waals surface area (Å²) in [6.45, 7) is 4.50. The minimum absolute atomic E-state index is 0.205. The minimum atomic E-state index is -0.545. The molecule has 1 saturated heterocycles. The normalized spacial score (nSPS) is 18.3. The Morgan fingerprint density at radius 1 is 1.35 bits per heavy atom. The van der Waals surface area contributed by atoms with Crippen LogP contribution in [0.1, 0.15) is 32.6 Å². The summed E-state index contributed by atoms with van der Waals surface area (Å²) in [5.41, 5.74) is 0.460. The van der Waals surface area contributed by atoms with Crippen LogP contribution in [-0.2, 0) is 0 Å². The monoisotopic (exact) mass is 324 g/mol. The van der Waals surface area contributed by atoms with Crippen molar-refractivity contribution in [2.75, 3.05) is 31.6 Å². The summed E-state index contributed by atoms with van der Waals surface area (Å²) in [6.07, 6.45) is 4.40. The number of nitrogens with zero attached hydrogens (tertiary/aromatic N) is 2. The Balaban J connectivity index is 1.84. The Kier molecular flexibility index (Phi) is 6.62. The smallest absolute Gasteiger partial charge is 0.191 e. The van der Waals surface area contributed by atoms with E-state index in [0.717, 1.165) is 38.0 Å². The predicted molar refractivity (Wildman–Crippen MR) is 91.0 cm³/mol. The number of hydrogen-bond acceptors (Lipinski definition) is 2. The summed E-state index contributed by atoms with van der Waals surface area (Å²) < 4.78 is 26.9. The van der Waals surface area contributed by atoms with Gasteiger partial charge in [0, 0.05) is 38.8 Å². The van der Waals surface area contributed by atoms with Crippen LogP contribution in [0.2, 0.25) is 0 Å². The van der Waals surface area contributed by atoms with E-state index in [1.165, 1.54) is 25.0 Å². The molecule has 0 aliphatic carbocycles. The van der Waals surface area contributed by atoms with Gasteiger partial charge >= 0.3 is 0 Å². The van der Waals surface area contributed by atoms with E-state index in [1.807, 2.05) is 4.90 Å². The maximum atomic E-state index is 13.9. The van der Waals surface area contributed by atoms with Gasteiger partial charge in [0.2, 0.25) is 0 Å². The van der Waals surface area contributed by atoms with Crippen molar-refractivity contribution in [3.63, 3.8) is 0 Å². The van der Waals surface area contributed by atoms with Crippen molar-refractivity contribution in [1.29, 1.82) is 0 Å². The molecule has 0 amide bonds. The first-order valence-electron chi connectivity index (χ1n) is 8.31. The molecule has 6 heteroatoms. The lowest BCUT2D eigenvalue weighted by molar-refractivity contribution is 0.580. The first-order chi connectivity index (χ1) is 11.1. The molecule has 1 fully saturated rings. The fourth-order valence-corrected chi connectivity index (χ4v) is 2.80. The van der Waals surface area contributed by atoms with Gasteiger partial charge in [0.05, 0.1) is 5.69 Å². The highest BCUT2D eigenvalue weighted by atomic mass is 19.1. The molecule has 0 aromatic heterocycles. The number of unbranched alkanes of at least 4 members (excludes halogenated alkanes) is 2. The second-order valence-corrected chi connectivity index (χ2v) is 5.88. The van der Waals surface area contributed by atoms with Crippen molar-refractivity contribution in [3.8, 4) is 0 Å². The van der Waals surface area contributed by atoms with Crippen LogP contribution in [0, 0.1) is 11.6 Å². The van der Waals surface area contributed by atoms with Crippen LogP contribution in [0.4, 0.5) is 14.5 Å². The Labute approximate surface area is 137 Å². The molecule has 4 nitrogen and oxygen atoms in total. The maximum absolute atomic E-state index is 13.9. The predicted octanol–water partition coefficient (Wildman–Crippen LogP) is 2.90. The average Bonchev–Trinajstić information content (AvgIpc) is 2.98. The summed E-state index contributed by atoms with van der Waals surface area (Å²) in [5.74, 6) is -0.267. The quantitative estimate of drug-likeness (QED) is 0.480. The highest BCUT2D eigenvalue weighted by molar-refractivity contribution is 5.80. The van der Waals surface area contributed by atoms with Crippen molar-refractivity contribution in [2.24, 2.45) is 4.99 Å². The number of halogens is 2. The summed E-state index contributed by atoms with van der Waals surface area (Å²) in [5, 5.41) is 6.68. The molecule has 1 aliphatic rings. The maximum Gasteiger partial charge on any atom is 0.191 e. The molecule has 1 heterocycles. The van der Waals surface area contributed by atoms with E-state index in [4.69, 9.17) is 0 Å².